The Bertz CT molecular complexity index is 988. The first kappa shape index (κ1) is 19.1. The first-order valence-electron chi connectivity index (χ1n) is 8.98. The summed E-state index contributed by atoms with van der Waals surface area (Å²) < 4.78 is 3.63. The molecule has 0 aliphatic carbocycles. The predicted octanol–water partition coefficient (Wildman–Crippen LogP) is 3.45. The first-order valence-corrected chi connectivity index (χ1v) is 9.35. The average Bonchev–Trinajstić information content (AvgIpc) is 3.10. The quantitative estimate of drug-likeness (QED) is 0.499. The van der Waals surface area contributed by atoms with Gasteiger partial charge in [0.25, 0.3) is 5.91 Å². The Hall–Kier alpha value is -2.67. The number of imidazole rings is 1. The molecular weight excluding hydrogens is 364 g/mol. The summed E-state index contributed by atoms with van der Waals surface area (Å²) in [5, 5.41) is 9.01. The predicted molar refractivity (Wildman–Crippen MR) is 107 cm³/mol. The summed E-state index contributed by atoms with van der Waals surface area (Å²) in [4.78, 5) is 16.7. The molecule has 0 saturated carbocycles. The third-order valence-corrected chi connectivity index (χ3v) is 4.76. The van der Waals surface area contributed by atoms with Crippen LogP contribution in [0.4, 0.5) is 0 Å². The Labute approximate surface area is 163 Å². The molecule has 2 aromatic heterocycles. The Morgan fingerprint density at radius 3 is 2.89 bits per heavy atom. The Kier molecular flexibility index (Phi) is 5.91. The van der Waals surface area contributed by atoms with Gasteiger partial charge in [-0.3, -0.25) is 9.48 Å². The zero-order chi connectivity index (χ0) is 19.4. The van der Waals surface area contributed by atoms with Gasteiger partial charge in [0.15, 0.2) is 0 Å². The van der Waals surface area contributed by atoms with Crippen LogP contribution >= 0.6 is 11.6 Å². The van der Waals surface area contributed by atoms with E-state index < -0.39 is 0 Å². The molecule has 1 aromatic carbocycles. The van der Waals surface area contributed by atoms with Crippen molar-refractivity contribution >= 4 is 34.8 Å². The maximum absolute atomic E-state index is 12.3. The SMILES string of the molecule is CCCCn1nc(C)c(/C=N\NC(=O)Cn2c(C)nc3ccccc32)c1Cl. The fourth-order valence-corrected chi connectivity index (χ4v) is 3.22. The largest absolute Gasteiger partial charge is 0.319 e. The van der Waals surface area contributed by atoms with Crippen molar-refractivity contribution in [3.63, 3.8) is 0 Å². The van der Waals surface area contributed by atoms with Crippen LogP contribution in [0, 0.1) is 13.8 Å². The number of hydrogen-bond donors (Lipinski definition) is 1. The van der Waals surface area contributed by atoms with Gasteiger partial charge in [0.1, 0.15) is 17.5 Å². The van der Waals surface area contributed by atoms with E-state index in [1.54, 1.807) is 10.9 Å². The minimum absolute atomic E-state index is 0.145. The lowest BCUT2D eigenvalue weighted by molar-refractivity contribution is -0.121. The minimum Gasteiger partial charge on any atom is -0.319 e. The van der Waals surface area contributed by atoms with Crippen LogP contribution in [0.15, 0.2) is 29.4 Å². The van der Waals surface area contributed by atoms with Crippen LogP contribution in [0.2, 0.25) is 5.15 Å². The van der Waals surface area contributed by atoms with Gasteiger partial charge in [-0.1, -0.05) is 37.1 Å². The summed E-state index contributed by atoms with van der Waals surface area (Å²) in [7, 11) is 0. The third kappa shape index (κ3) is 4.19. The Morgan fingerprint density at radius 1 is 1.33 bits per heavy atom. The highest BCUT2D eigenvalue weighted by Crippen LogP contribution is 2.18. The number of unbranched alkanes of at least 4 members (excludes halogenated alkanes) is 1. The number of fused-ring (bicyclic) bond motifs is 1. The van der Waals surface area contributed by atoms with Crippen LogP contribution in [0.3, 0.4) is 0 Å². The fourth-order valence-electron chi connectivity index (χ4n) is 2.91. The van der Waals surface area contributed by atoms with E-state index >= 15 is 0 Å². The number of halogens is 1. The van der Waals surface area contributed by atoms with Gasteiger partial charge in [0, 0.05) is 6.54 Å². The average molecular weight is 387 g/mol. The summed E-state index contributed by atoms with van der Waals surface area (Å²) in [6.45, 7) is 6.78. The van der Waals surface area contributed by atoms with Gasteiger partial charge in [0.2, 0.25) is 0 Å². The van der Waals surface area contributed by atoms with E-state index in [9.17, 15) is 4.79 Å². The number of rotatable bonds is 7. The molecule has 0 bridgehead atoms. The molecule has 0 aliphatic heterocycles. The van der Waals surface area contributed by atoms with Gasteiger partial charge >= 0.3 is 0 Å². The number of aryl methyl sites for hydroxylation is 3. The van der Waals surface area contributed by atoms with E-state index in [0.717, 1.165) is 47.5 Å². The number of carbonyl (C=O) groups is 1. The second-order valence-electron chi connectivity index (χ2n) is 6.39. The molecule has 1 amide bonds. The Morgan fingerprint density at radius 2 is 2.11 bits per heavy atom. The molecule has 142 valence electrons. The third-order valence-electron chi connectivity index (χ3n) is 4.36. The van der Waals surface area contributed by atoms with E-state index in [1.165, 1.54) is 0 Å². The van der Waals surface area contributed by atoms with Crippen LogP contribution in [0.25, 0.3) is 11.0 Å². The Balaban J connectivity index is 1.67. The molecule has 2 heterocycles. The van der Waals surface area contributed by atoms with Gasteiger partial charge < -0.3 is 4.57 Å². The molecule has 0 spiro atoms. The minimum atomic E-state index is -0.232. The molecule has 8 heteroatoms. The van der Waals surface area contributed by atoms with Crippen LogP contribution in [-0.4, -0.2) is 31.5 Å². The number of benzene rings is 1. The lowest BCUT2D eigenvalue weighted by Crippen LogP contribution is -2.23. The van der Waals surface area contributed by atoms with Gasteiger partial charge in [-0.05, 0) is 32.4 Å². The lowest BCUT2D eigenvalue weighted by atomic mass is 10.3. The van der Waals surface area contributed by atoms with E-state index in [0.29, 0.717) is 5.15 Å². The number of amides is 1. The highest BCUT2D eigenvalue weighted by molar-refractivity contribution is 6.32. The molecule has 0 radical (unpaired) electrons. The molecule has 3 rings (SSSR count). The van der Waals surface area contributed by atoms with E-state index in [4.69, 9.17) is 11.6 Å². The molecule has 0 fully saturated rings. The molecule has 0 unspecified atom stereocenters. The zero-order valence-electron chi connectivity index (χ0n) is 15.7. The van der Waals surface area contributed by atoms with Crippen molar-refractivity contribution in [1.82, 2.24) is 24.8 Å². The summed E-state index contributed by atoms with van der Waals surface area (Å²) in [5.41, 5.74) is 5.85. The summed E-state index contributed by atoms with van der Waals surface area (Å²) in [6.07, 6.45) is 3.62. The standard InChI is InChI=1S/C19H23ClN6O/c1-4-5-10-26-19(20)15(13(2)24-26)11-21-23-18(27)12-25-14(3)22-16-8-6-7-9-17(16)25/h6-9,11H,4-5,10,12H2,1-3H3,(H,23,27)/b21-11-. The first-order chi connectivity index (χ1) is 13.0. The van der Waals surface area contributed by atoms with Crippen molar-refractivity contribution in [2.45, 2.75) is 46.7 Å². The maximum Gasteiger partial charge on any atom is 0.260 e. The van der Waals surface area contributed by atoms with Gasteiger partial charge in [-0.2, -0.15) is 10.2 Å². The normalized spacial score (nSPS) is 11.6. The molecular formula is C19H23ClN6O. The number of nitrogens with one attached hydrogen (secondary N) is 1. The van der Waals surface area contributed by atoms with Crippen molar-refractivity contribution in [2.75, 3.05) is 0 Å². The van der Waals surface area contributed by atoms with Gasteiger partial charge in [0.05, 0.1) is 28.5 Å². The molecule has 0 saturated heterocycles. The smallest absolute Gasteiger partial charge is 0.260 e. The molecule has 0 aliphatic rings. The van der Waals surface area contributed by atoms with Crippen LogP contribution in [0.1, 0.15) is 36.8 Å². The maximum atomic E-state index is 12.3. The van der Waals surface area contributed by atoms with E-state index in [-0.39, 0.29) is 12.5 Å². The van der Waals surface area contributed by atoms with Crippen molar-refractivity contribution in [1.29, 1.82) is 0 Å². The number of nitrogens with zero attached hydrogens (tertiary/aromatic N) is 5. The molecule has 7 nitrogen and oxygen atoms in total. The second kappa shape index (κ2) is 8.35. The number of hydrogen-bond acceptors (Lipinski definition) is 4. The highest BCUT2D eigenvalue weighted by atomic mass is 35.5. The van der Waals surface area contributed by atoms with Gasteiger partial charge in [-0.25, -0.2) is 10.4 Å². The second-order valence-corrected chi connectivity index (χ2v) is 6.75. The van der Waals surface area contributed by atoms with Crippen LogP contribution in [-0.2, 0) is 17.9 Å². The number of para-hydroxylation sites is 2. The molecule has 3 aromatic rings. The van der Waals surface area contributed by atoms with Crippen molar-refractivity contribution < 1.29 is 4.79 Å². The topological polar surface area (TPSA) is 77.1 Å². The van der Waals surface area contributed by atoms with Crippen LogP contribution in [0.5, 0.6) is 0 Å². The fraction of sp³-hybridized carbons (Fsp3) is 0.368. The number of carbonyl (C=O) groups excluding carboxylic acids is 1. The summed E-state index contributed by atoms with van der Waals surface area (Å²) >= 11 is 6.37. The summed E-state index contributed by atoms with van der Waals surface area (Å²) in [6, 6.07) is 7.72. The zero-order valence-corrected chi connectivity index (χ0v) is 16.5. The van der Waals surface area contributed by atoms with Crippen molar-refractivity contribution in [2.24, 2.45) is 5.10 Å². The summed E-state index contributed by atoms with van der Waals surface area (Å²) in [5.74, 6) is 0.552. The van der Waals surface area contributed by atoms with Crippen molar-refractivity contribution in [3.8, 4) is 0 Å². The number of hydrazone groups is 1. The van der Waals surface area contributed by atoms with E-state index in [2.05, 4.69) is 27.5 Å². The van der Waals surface area contributed by atoms with Crippen LogP contribution < -0.4 is 5.43 Å². The monoisotopic (exact) mass is 386 g/mol. The molecule has 1 N–H and O–H groups in total. The van der Waals surface area contributed by atoms with Crippen molar-refractivity contribution in [3.05, 3.63) is 46.5 Å². The van der Waals surface area contributed by atoms with E-state index in [1.807, 2.05) is 42.7 Å². The van der Waals surface area contributed by atoms with Gasteiger partial charge in [-0.15, -0.1) is 0 Å². The molecule has 27 heavy (non-hydrogen) atoms. The highest BCUT2D eigenvalue weighted by Gasteiger charge is 2.12. The molecule has 0 atom stereocenters. The lowest BCUT2D eigenvalue weighted by Gasteiger charge is -2.05. The number of aromatic nitrogens is 4.